The van der Waals surface area contributed by atoms with E-state index in [-0.39, 0.29) is 11.8 Å². The van der Waals surface area contributed by atoms with Crippen LogP contribution in [0.15, 0.2) is 42.6 Å². The van der Waals surface area contributed by atoms with Crippen molar-refractivity contribution in [3.63, 3.8) is 0 Å². The Kier molecular flexibility index (Phi) is 5.28. The number of hydrogen-bond acceptors (Lipinski definition) is 4. The molecule has 0 unspecified atom stereocenters. The van der Waals surface area contributed by atoms with Crippen molar-refractivity contribution in [2.45, 2.75) is 25.7 Å². The number of benzene rings is 1. The fraction of sp³-hybridized carbons (Fsp3) is 0.316. The maximum atomic E-state index is 12.2. The van der Waals surface area contributed by atoms with Gasteiger partial charge in [-0.3, -0.25) is 14.5 Å². The fourth-order valence-corrected chi connectivity index (χ4v) is 2.78. The maximum Gasteiger partial charge on any atom is 0.228 e. The second-order valence-electron chi connectivity index (χ2n) is 5.92. The number of fused-ring (bicyclic) bond motifs is 1. The Morgan fingerprint density at radius 3 is 2.92 bits per heavy atom. The Morgan fingerprint density at radius 2 is 2.12 bits per heavy atom. The van der Waals surface area contributed by atoms with Crippen molar-refractivity contribution >= 4 is 23.3 Å². The highest BCUT2D eigenvalue weighted by Gasteiger charge is 2.18. The number of pyridine rings is 1. The van der Waals surface area contributed by atoms with Gasteiger partial charge in [-0.25, -0.2) is 4.98 Å². The van der Waals surface area contributed by atoms with E-state index in [1.165, 1.54) is 0 Å². The highest BCUT2D eigenvalue weighted by atomic mass is 16.5. The Balaban J connectivity index is 1.50. The number of carbonyl (C=O) groups excluding carboxylic acids is 2. The molecule has 3 rings (SSSR count). The summed E-state index contributed by atoms with van der Waals surface area (Å²) in [6, 6.07) is 11.1. The Morgan fingerprint density at radius 1 is 1.24 bits per heavy atom. The zero-order chi connectivity index (χ0) is 17.6. The highest BCUT2D eigenvalue weighted by molar-refractivity contribution is 5.94. The molecule has 2 amide bonds. The molecule has 0 radical (unpaired) electrons. The first kappa shape index (κ1) is 17.0. The lowest BCUT2D eigenvalue weighted by Gasteiger charge is -2.20. The smallest absolute Gasteiger partial charge is 0.228 e. The molecule has 1 N–H and O–H groups in total. The van der Waals surface area contributed by atoms with E-state index in [2.05, 4.69) is 10.3 Å². The predicted octanol–water partition coefficient (Wildman–Crippen LogP) is 2.79. The van der Waals surface area contributed by atoms with Gasteiger partial charge in [0.15, 0.2) is 0 Å². The van der Waals surface area contributed by atoms with Gasteiger partial charge in [-0.15, -0.1) is 0 Å². The third kappa shape index (κ3) is 4.15. The summed E-state index contributed by atoms with van der Waals surface area (Å²) in [5, 5.41) is 2.86. The summed E-state index contributed by atoms with van der Waals surface area (Å²) in [6.07, 6.45) is 3.82. The van der Waals surface area contributed by atoms with E-state index in [0.717, 1.165) is 17.0 Å². The Bertz CT molecular complexity index is 762. The van der Waals surface area contributed by atoms with Crippen LogP contribution in [0.25, 0.3) is 0 Å². The van der Waals surface area contributed by atoms with Crippen molar-refractivity contribution in [2.24, 2.45) is 0 Å². The molecule has 0 fully saturated rings. The van der Waals surface area contributed by atoms with Crippen LogP contribution in [0.1, 0.15) is 24.8 Å². The van der Waals surface area contributed by atoms with Gasteiger partial charge in [0.05, 0.1) is 6.61 Å². The summed E-state index contributed by atoms with van der Waals surface area (Å²) >= 11 is 0. The molecule has 2 heterocycles. The van der Waals surface area contributed by atoms with Gasteiger partial charge in [0.2, 0.25) is 11.8 Å². The van der Waals surface area contributed by atoms with Gasteiger partial charge in [0.1, 0.15) is 11.6 Å². The molecule has 1 aromatic heterocycles. The van der Waals surface area contributed by atoms with E-state index < -0.39 is 0 Å². The molecule has 0 saturated carbocycles. The van der Waals surface area contributed by atoms with Crippen LogP contribution < -0.4 is 15.0 Å². The molecule has 0 spiro atoms. The zero-order valence-corrected chi connectivity index (χ0v) is 14.2. The zero-order valence-electron chi connectivity index (χ0n) is 14.2. The first-order valence-electron chi connectivity index (χ1n) is 8.37. The van der Waals surface area contributed by atoms with Gasteiger partial charge >= 0.3 is 0 Å². The predicted molar refractivity (Wildman–Crippen MR) is 95.8 cm³/mol. The van der Waals surface area contributed by atoms with Gasteiger partial charge < -0.3 is 10.1 Å². The summed E-state index contributed by atoms with van der Waals surface area (Å²) in [7, 11) is 1.72. The average molecular weight is 339 g/mol. The van der Waals surface area contributed by atoms with Crippen LogP contribution in [-0.2, 0) is 16.0 Å². The molecule has 1 aromatic carbocycles. The maximum absolute atomic E-state index is 12.2. The second-order valence-corrected chi connectivity index (χ2v) is 5.92. The lowest BCUT2D eigenvalue weighted by atomic mass is 10.0. The first-order valence-corrected chi connectivity index (χ1v) is 8.37. The van der Waals surface area contributed by atoms with Gasteiger partial charge in [0, 0.05) is 37.3 Å². The summed E-state index contributed by atoms with van der Waals surface area (Å²) in [4.78, 5) is 29.4. The number of nitrogens with zero attached hydrogens (tertiary/aromatic N) is 2. The van der Waals surface area contributed by atoms with Crippen LogP contribution in [0.2, 0.25) is 0 Å². The van der Waals surface area contributed by atoms with Gasteiger partial charge in [0.25, 0.3) is 0 Å². The van der Waals surface area contributed by atoms with Crippen molar-refractivity contribution in [3.05, 3.63) is 48.2 Å². The summed E-state index contributed by atoms with van der Waals surface area (Å²) in [5.41, 5.74) is 1.85. The van der Waals surface area contributed by atoms with Gasteiger partial charge in [-0.1, -0.05) is 12.1 Å². The third-order valence-corrected chi connectivity index (χ3v) is 4.17. The minimum absolute atomic E-state index is 0.00431. The van der Waals surface area contributed by atoms with Crippen LogP contribution in [0.4, 0.5) is 11.5 Å². The van der Waals surface area contributed by atoms with Crippen molar-refractivity contribution in [1.82, 2.24) is 4.98 Å². The largest absolute Gasteiger partial charge is 0.493 e. The molecule has 0 saturated heterocycles. The minimum atomic E-state index is 0.00431. The summed E-state index contributed by atoms with van der Waals surface area (Å²) in [5.74, 6) is 1.46. The molecule has 6 heteroatoms. The number of amides is 2. The molecule has 0 bridgehead atoms. The van der Waals surface area contributed by atoms with Crippen LogP contribution in [0.3, 0.4) is 0 Å². The number of ether oxygens (including phenoxy) is 1. The molecule has 0 aliphatic carbocycles. The number of rotatable bonds is 6. The van der Waals surface area contributed by atoms with Gasteiger partial charge in [-0.05, 0) is 37.1 Å². The molecular weight excluding hydrogens is 318 g/mol. The Labute approximate surface area is 146 Å². The SMILES string of the molecule is CN(C(=O)CCCOc1cccc2c1CCC(=O)N2)c1ccccn1. The minimum Gasteiger partial charge on any atom is -0.493 e. The summed E-state index contributed by atoms with van der Waals surface area (Å²) in [6.45, 7) is 0.451. The molecule has 2 aromatic rings. The second kappa shape index (κ2) is 7.79. The van der Waals surface area contributed by atoms with E-state index in [1.807, 2.05) is 30.3 Å². The number of aromatic nitrogens is 1. The number of hydrogen-bond donors (Lipinski definition) is 1. The van der Waals surface area contributed by atoms with E-state index in [4.69, 9.17) is 4.74 Å². The standard InChI is InChI=1S/C19H21N3O3/c1-22(17-8-2-3-12-20-17)19(24)9-5-13-25-16-7-4-6-15-14(16)10-11-18(23)21-15/h2-4,6-8,12H,5,9-11,13H2,1H3,(H,21,23). The van der Waals surface area contributed by atoms with Crippen molar-refractivity contribution < 1.29 is 14.3 Å². The molecule has 1 aliphatic rings. The highest BCUT2D eigenvalue weighted by Crippen LogP contribution is 2.31. The van der Waals surface area contributed by atoms with Crippen LogP contribution in [0.5, 0.6) is 5.75 Å². The van der Waals surface area contributed by atoms with Crippen molar-refractivity contribution in [2.75, 3.05) is 23.9 Å². The van der Waals surface area contributed by atoms with E-state index in [0.29, 0.717) is 38.1 Å². The van der Waals surface area contributed by atoms with E-state index in [1.54, 1.807) is 24.2 Å². The fourth-order valence-electron chi connectivity index (χ4n) is 2.78. The normalized spacial score (nSPS) is 12.9. The molecule has 25 heavy (non-hydrogen) atoms. The number of nitrogens with one attached hydrogen (secondary N) is 1. The van der Waals surface area contributed by atoms with Crippen LogP contribution in [-0.4, -0.2) is 30.5 Å². The summed E-state index contributed by atoms with van der Waals surface area (Å²) < 4.78 is 5.84. The molecule has 6 nitrogen and oxygen atoms in total. The van der Waals surface area contributed by atoms with Crippen molar-refractivity contribution in [1.29, 1.82) is 0 Å². The van der Waals surface area contributed by atoms with E-state index >= 15 is 0 Å². The van der Waals surface area contributed by atoms with Crippen molar-refractivity contribution in [3.8, 4) is 5.75 Å². The third-order valence-electron chi connectivity index (χ3n) is 4.17. The number of carbonyl (C=O) groups is 2. The van der Waals surface area contributed by atoms with E-state index in [9.17, 15) is 9.59 Å². The first-order chi connectivity index (χ1) is 12.1. The van der Waals surface area contributed by atoms with Crippen LogP contribution in [0, 0.1) is 0 Å². The molecule has 0 atom stereocenters. The topological polar surface area (TPSA) is 71.5 Å². The lowest BCUT2D eigenvalue weighted by Crippen LogP contribution is -2.27. The lowest BCUT2D eigenvalue weighted by molar-refractivity contribution is -0.118. The Hall–Kier alpha value is -2.89. The van der Waals surface area contributed by atoms with Crippen LogP contribution >= 0.6 is 0 Å². The van der Waals surface area contributed by atoms with Gasteiger partial charge in [-0.2, -0.15) is 0 Å². The molecule has 130 valence electrons. The quantitative estimate of drug-likeness (QED) is 0.822. The average Bonchev–Trinajstić information content (AvgIpc) is 2.64. The monoisotopic (exact) mass is 339 g/mol. The number of anilines is 2. The molecular formula is C19H21N3O3. The molecule has 1 aliphatic heterocycles.